The van der Waals surface area contributed by atoms with Gasteiger partial charge in [0.25, 0.3) is 5.91 Å². The van der Waals surface area contributed by atoms with Gasteiger partial charge in [-0.2, -0.15) is 0 Å². The molecule has 3 aromatic rings. The number of carbonyl (C=O) groups excluding carboxylic acids is 2. The molecule has 32 heavy (non-hydrogen) atoms. The summed E-state index contributed by atoms with van der Waals surface area (Å²) in [4.78, 5) is 35.6. The first-order valence-corrected chi connectivity index (χ1v) is 10.2. The van der Waals surface area contributed by atoms with Gasteiger partial charge in [-0.05, 0) is 48.7 Å². The van der Waals surface area contributed by atoms with Crippen LogP contribution < -0.4 is 19.7 Å². The van der Waals surface area contributed by atoms with E-state index in [4.69, 9.17) is 9.47 Å². The predicted molar refractivity (Wildman–Crippen MR) is 120 cm³/mol. The maximum Gasteiger partial charge on any atom is 0.284 e. The molecule has 0 fully saturated rings. The molecule has 1 N–H and O–H groups in total. The summed E-state index contributed by atoms with van der Waals surface area (Å²) in [6.07, 6.45) is 2.33. The van der Waals surface area contributed by atoms with Crippen LogP contribution in [0.3, 0.4) is 0 Å². The molecule has 0 radical (unpaired) electrons. The van der Waals surface area contributed by atoms with Crippen molar-refractivity contribution in [2.45, 2.75) is 19.8 Å². The summed E-state index contributed by atoms with van der Waals surface area (Å²) in [5.41, 5.74) is 3.35. The highest BCUT2D eigenvalue weighted by molar-refractivity contribution is 6.24. The average Bonchev–Trinajstić information content (AvgIpc) is 2.79. The SMILES string of the molecule is COc1ccc(CCNc2ncc3c(n2)C(=O)N(c2cccc(C)c2)C(=O)C3)cc1OC. The molecule has 2 aromatic carbocycles. The van der Waals surface area contributed by atoms with Gasteiger partial charge in [-0.1, -0.05) is 18.2 Å². The van der Waals surface area contributed by atoms with Gasteiger partial charge in [0.1, 0.15) is 5.69 Å². The van der Waals surface area contributed by atoms with Crippen molar-refractivity contribution < 1.29 is 19.1 Å². The van der Waals surface area contributed by atoms with Gasteiger partial charge in [0.2, 0.25) is 11.9 Å². The zero-order valence-corrected chi connectivity index (χ0v) is 18.2. The van der Waals surface area contributed by atoms with Crippen LogP contribution in [0.2, 0.25) is 0 Å². The Bertz CT molecular complexity index is 1180. The first-order chi connectivity index (χ1) is 15.5. The highest BCUT2D eigenvalue weighted by Crippen LogP contribution is 2.28. The molecule has 0 unspecified atom stereocenters. The van der Waals surface area contributed by atoms with Crippen molar-refractivity contribution in [2.24, 2.45) is 0 Å². The lowest BCUT2D eigenvalue weighted by atomic mass is 10.0. The van der Waals surface area contributed by atoms with Gasteiger partial charge in [-0.3, -0.25) is 9.59 Å². The van der Waals surface area contributed by atoms with Gasteiger partial charge in [-0.25, -0.2) is 14.9 Å². The second-order valence-corrected chi connectivity index (χ2v) is 7.48. The third kappa shape index (κ3) is 4.25. The van der Waals surface area contributed by atoms with E-state index < -0.39 is 5.91 Å². The van der Waals surface area contributed by atoms with Crippen LogP contribution >= 0.6 is 0 Å². The minimum atomic E-state index is -0.438. The van der Waals surface area contributed by atoms with Gasteiger partial charge < -0.3 is 14.8 Å². The van der Waals surface area contributed by atoms with Gasteiger partial charge in [0, 0.05) is 18.3 Å². The Kier molecular flexibility index (Phi) is 6.02. The van der Waals surface area contributed by atoms with Crippen LogP contribution in [0.4, 0.5) is 11.6 Å². The Morgan fingerprint density at radius 3 is 2.62 bits per heavy atom. The quantitative estimate of drug-likeness (QED) is 0.573. The number of nitrogens with zero attached hydrogens (tertiary/aromatic N) is 3. The van der Waals surface area contributed by atoms with Crippen molar-refractivity contribution in [3.8, 4) is 11.5 Å². The van der Waals surface area contributed by atoms with Gasteiger partial charge >= 0.3 is 0 Å². The fourth-order valence-electron chi connectivity index (χ4n) is 3.65. The summed E-state index contributed by atoms with van der Waals surface area (Å²) in [7, 11) is 3.20. The van der Waals surface area contributed by atoms with Crippen molar-refractivity contribution in [1.82, 2.24) is 9.97 Å². The minimum Gasteiger partial charge on any atom is -0.493 e. The third-order valence-electron chi connectivity index (χ3n) is 5.27. The Morgan fingerprint density at radius 1 is 1.06 bits per heavy atom. The number of anilines is 2. The van der Waals surface area contributed by atoms with Crippen molar-refractivity contribution in [3.05, 3.63) is 71.0 Å². The number of hydrogen-bond acceptors (Lipinski definition) is 7. The Labute approximate surface area is 186 Å². The molecule has 1 aromatic heterocycles. The summed E-state index contributed by atoms with van der Waals surface area (Å²) in [6.45, 7) is 2.47. The normalized spacial score (nSPS) is 13.0. The topological polar surface area (TPSA) is 93.6 Å². The zero-order chi connectivity index (χ0) is 22.7. The molecule has 0 saturated carbocycles. The molecule has 0 aliphatic carbocycles. The number of ether oxygens (including phenoxy) is 2. The Morgan fingerprint density at radius 2 is 1.88 bits per heavy atom. The summed E-state index contributed by atoms with van der Waals surface area (Å²) in [5.74, 6) is 0.962. The van der Waals surface area contributed by atoms with Crippen LogP contribution in [0, 0.1) is 6.92 Å². The monoisotopic (exact) mass is 432 g/mol. The number of benzene rings is 2. The highest BCUT2D eigenvalue weighted by Gasteiger charge is 2.34. The van der Waals surface area contributed by atoms with Crippen LogP contribution in [0.1, 0.15) is 27.2 Å². The van der Waals surface area contributed by atoms with Gasteiger partial charge in [-0.15, -0.1) is 0 Å². The molecule has 8 heteroatoms. The van der Waals surface area contributed by atoms with E-state index in [2.05, 4.69) is 15.3 Å². The molecular weight excluding hydrogens is 408 g/mol. The molecular formula is C24H24N4O4. The minimum absolute atomic E-state index is 0.0843. The van der Waals surface area contributed by atoms with Crippen molar-refractivity contribution >= 4 is 23.5 Å². The smallest absolute Gasteiger partial charge is 0.284 e. The fourth-order valence-corrected chi connectivity index (χ4v) is 3.65. The first-order valence-electron chi connectivity index (χ1n) is 10.2. The number of fused-ring (bicyclic) bond motifs is 1. The molecule has 0 bridgehead atoms. The van der Waals surface area contributed by atoms with E-state index in [0.717, 1.165) is 11.1 Å². The second kappa shape index (κ2) is 9.05. The zero-order valence-electron chi connectivity index (χ0n) is 18.2. The summed E-state index contributed by atoms with van der Waals surface area (Å²) in [6, 6.07) is 13.0. The van der Waals surface area contributed by atoms with Gasteiger partial charge in [0.05, 0.1) is 26.3 Å². The molecule has 2 amide bonds. The number of hydrogen-bond donors (Lipinski definition) is 1. The maximum absolute atomic E-state index is 13.1. The molecule has 4 rings (SSSR count). The lowest BCUT2D eigenvalue weighted by molar-refractivity contribution is -0.117. The third-order valence-corrected chi connectivity index (χ3v) is 5.27. The van der Waals surface area contributed by atoms with Crippen LogP contribution in [0.25, 0.3) is 0 Å². The van der Waals surface area contributed by atoms with E-state index in [1.165, 1.54) is 4.90 Å². The van der Waals surface area contributed by atoms with E-state index in [1.807, 2.05) is 43.3 Å². The molecule has 8 nitrogen and oxygen atoms in total. The molecule has 1 aliphatic heterocycles. The Hall–Kier alpha value is -3.94. The van der Waals surface area contributed by atoms with E-state index in [1.54, 1.807) is 26.5 Å². The molecule has 164 valence electrons. The van der Waals surface area contributed by atoms with E-state index in [0.29, 0.717) is 41.7 Å². The Balaban J connectivity index is 1.48. The standard InChI is InChI=1S/C24H24N4O4/c1-15-5-4-6-18(11-15)28-21(29)13-17-14-26-24(27-22(17)23(28)30)25-10-9-16-7-8-19(31-2)20(12-16)32-3/h4-8,11-12,14H,9-10,13H2,1-3H3,(H,25,26,27). The van der Waals surface area contributed by atoms with E-state index >= 15 is 0 Å². The fraction of sp³-hybridized carbons (Fsp3) is 0.250. The lowest BCUT2D eigenvalue weighted by Crippen LogP contribution is -2.43. The number of aryl methyl sites for hydroxylation is 1. The van der Waals surface area contributed by atoms with Crippen LogP contribution in [-0.4, -0.2) is 42.5 Å². The van der Waals surface area contributed by atoms with Crippen molar-refractivity contribution in [2.75, 3.05) is 31.0 Å². The summed E-state index contributed by atoms with van der Waals surface area (Å²) < 4.78 is 10.6. The highest BCUT2D eigenvalue weighted by atomic mass is 16.5. The summed E-state index contributed by atoms with van der Waals surface area (Å²) >= 11 is 0. The maximum atomic E-state index is 13.1. The number of carbonyl (C=O) groups is 2. The van der Waals surface area contributed by atoms with Gasteiger partial charge in [0.15, 0.2) is 11.5 Å². The van der Waals surface area contributed by atoms with E-state index in [9.17, 15) is 9.59 Å². The number of aromatic nitrogens is 2. The van der Waals surface area contributed by atoms with E-state index in [-0.39, 0.29) is 18.0 Å². The second-order valence-electron chi connectivity index (χ2n) is 7.48. The number of rotatable bonds is 7. The van der Waals surface area contributed by atoms with Crippen molar-refractivity contribution in [1.29, 1.82) is 0 Å². The number of methoxy groups -OCH3 is 2. The number of imide groups is 1. The van der Waals surface area contributed by atoms with Crippen LogP contribution in [0.5, 0.6) is 11.5 Å². The predicted octanol–water partition coefficient (Wildman–Crippen LogP) is 3.19. The molecule has 0 atom stereocenters. The molecule has 2 heterocycles. The van der Waals surface area contributed by atoms with Crippen molar-refractivity contribution in [3.63, 3.8) is 0 Å². The number of nitrogens with one attached hydrogen (secondary N) is 1. The van der Waals surface area contributed by atoms with Crippen LogP contribution in [-0.2, 0) is 17.6 Å². The molecule has 0 saturated heterocycles. The number of amides is 2. The molecule has 0 spiro atoms. The van der Waals surface area contributed by atoms with Crippen LogP contribution in [0.15, 0.2) is 48.7 Å². The largest absolute Gasteiger partial charge is 0.493 e. The molecule has 1 aliphatic rings. The average molecular weight is 432 g/mol. The summed E-state index contributed by atoms with van der Waals surface area (Å²) in [5, 5.41) is 3.15. The first kappa shape index (κ1) is 21.3. The lowest BCUT2D eigenvalue weighted by Gasteiger charge is -2.26.